The van der Waals surface area contributed by atoms with Gasteiger partial charge < -0.3 is 24.3 Å². The lowest BCUT2D eigenvalue weighted by molar-refractivity contribution is -0.0431. The number of nitrogens with zero attached hydrogens (tertiary/aromatic N) is 3. The van der Waals surface area contributed by atoms with Gasteiger partial charge in [0.05, 0.1) is 31.3 Å². The van der Waals surface area contributed by atoms with Crippen molar-refractivity contribution in [1.29, 1.82) is 0 Å². The van der Waals surface area contributed by atoms with Crippen molar-refractivity contribution in [3.05, 3.63) is 11.8 Å². The first kappa shape index (κ1) is 15.6. The van der Waals surface area contributed by atoms with Gasteiger partial charge in [-0.2, -0.15) is 9.97 Å². The first-order valence-electron chi connectivity index (χ1n) is 8.07. The predicted molar refractivity (Wildman–Crippen MR) is 83.6 cm³/mol. The van der Waals surface area contributed by atoms with Gasteiger partial charge in [0, 0.05) is 19.0 Å². The van der Waals surface area contributed by atoms with Crippen LogP contribution in [0.15, 0.2) is 6.20 Å². The molecule has 0 aliphatic carbocycles. The molecule has 0 bridgehead atoms. The van der Waals surface area contributed by atoms with Gasteiger partial charge in [-0.1, -0.05) is 0 Å². The van der Waals surface area contributed by atoms with Crippen LogP contribution >= 0.6 is 0 Å². The van der Waals surface area contributed by atoms with Gasteiger partial charge in [-0.15, -0.1) is 0 Å². The van der Waals surface area contributed by atoms with E-state index < -0.39 is 18.4 Å². The van der Waals surface area contributed by atoms with Gasteiger partial charge in [-0.3, -0.25) is 4.84 Å². The Hall–Kier alpha value is -1.94. The summed E-state index contributed by atoms with van der Waals surface area (Å²) in [5.41, 5.74) is 4.55. The molecule has 3 N–H and O–H groups in total. The number of anilines is 1. The third-order valence-corrected chi connectivity index (χ3v) is 4.34. The maximum atomic E-state index is 10.0. The van der Waals surface area contributed by atoms with E-state index in [0.29, 0.717) is 37.5 Å². The van der Waals surface area contributed by atoms with Crippen LogP contribution in [0.1, 0.15) is 25.1 Å². The van der Waals surface area contributed by atoms with Crippen molar-refractivity contribution in [2.75, 3.05) is 25.3 Å². The Bertz CT molecular complexity index is 749. The molecule has 24 heavy (non-hydrogen) atoms. The average Bonchev–Trinajstić information content (AvgIpc) is 3.05. The quantitative estimate of drug-likeness (QED) is 0.734. The molecule has 0 aromatic carbocycles. The number of rotatable bonds is 4. The summed E-state index contributed by atoms with van der Waals surface area (Å²) in [6, 6.07) is 0.251. The monoisotopic (exact) mass is 336 g/mol. The lowest BCUT2D eigenvalue weighted by Crippen LogP contribution is -2.24. The standard InChI is InChI=1S/C15H20N4O5/c1-2-22-15-16-13-12-8(3-4-23-18-13)6-19(14(12)17-15)11-5-9(21)10(7-20)24-11/h6,9-11,20-21H,2-5,7H2,1H3,(H,16,17,18)/t9-,10?,11+/m0/s1. The van der Waals surface area contributed by atoms with Crippen molar-refractivity contribution in [2.24, 2.45) is 0 Å². The molecule has 4 rings (SSSR count). The smallest absolute Gasteiger partial charge is 0.320 e. The zero-order chi connectivity index (χ0) is 16.7. The Morgan fingerprint density at radius 3 is 3.08 bits per heavy atom. The topological polar surface area (TPSA) is 111 Å². The van der Waals surface area contributed by atoms with Crippen molar-refractivity contribution >= 4 is 16.9 Å². The zero-order valence-electron chi connectivity index (χ0n) is 13.3. The Labute approximate surface area is 138 Å². The van der Waals surface area contributed by atoms with Crippen LogP contribution in [0.3, 0.4) is 0 Å². The van der Waals surface area contributed by atoms with Gasteiger partial charge in [0.1, 0.15) is 12.3 Å². The lowest BCUT2D eigenvalue weighted by atomic mass is 10.2. The molecule has 2 aliphatic rings. The average molecular weight is 336 g/mol. The maximum Gasteiger partial charge on any atom is 0.320 e. The summed E-state index contributed by atoms with van der Waals surface area (Å²) >= 11 is 0. The Morgan fingerprint density at radius 2 is 2.33 bits per heavy atom. The van der Waals surface area contributed by atoms with Crippen LogP contribution in [-0.4, -0.2) is 56.8 Å². The van der Waals surface area contributed by atoms with Crippen LogP contribution in [0.4, 0.5) is 5.82 Å². The summed E-state index contributed by atoms with van der Waals surface area (Å²) in [5.74, 6) is 0.562. The molecule has 1 fully saturated rings. The van der Waals surface area contributed by atoms with Crippen LogP contribution in [0, 0.1) is 0 Å². The summed E-state index contributed by atoms with van der Waals surface area (Å²) in [7, 11) is 0. The summed E-state index contributed by atoms with van der Waals surface area (Å²) in [5, 5.41) is 20.2. The minimum atomic E-state index is -0.706. The normalized spacial score (nSPS) is 26.4. The fourth-order valence-corrected chi connectivity index (χ4v) is 3.21. The molecular formula is C15H20N4O5. The van der Waals surface area contributed by atoms with E-state index in [9.17, 15) is 10.2 Å². The number of aromatic nitrogens is 3. The van der Waals surface area contributed by atoms with Gasteiger partial charge in [-0.05, 0) is 12.5 Å². The minimum absolute atomic E-state index is 0.219. The number of hydrogen-bond acceptors (Lipinski definition) is 8. The van der Waals surface area contributed by atoms with E-state index in [2.05, 4.69) is 15.4 Å². The Morgan fingerprint density at radius 1 is 1.46 bits per heavy atom. The first-order valence-corrected chi connectivity index (χ1v) is 8.07. The molecule has 2 aromatic heterocycles. The van der Waals surface area contributed by atoms with Crippen LogP contribution in [0.5, 0.6) is 6.01 Å². The van der Waals surface area contributed by atoms with E-state index in [0.717, 1.165) is 10.9 Å². The summed E-state index contributed by atoms with van der Waals surface area (Å²) in [6.45, 7) is 2.60. The first-order chi connectivity index (χ1) is 11.7. The molecule has 130 valence electrons. The molecule has 1 saturated heterocycles. The summed E-state index contributed by atoms with van der Waals surface area (Å²) in [6.07, 6.45) is 1.36. The van der Waals surface area contributed by atoms with Crippen molar-refractivity contribution in [1.82, 2.24) is 14.5 Å². The molecule has 0 radical (unpaired) electrons. The highest BCUT2D eigenvalue weighted by molar-refractivity contribution is 5.91. The van der Waals surface area contributed by atoms with E-state index in [-0.39, 0.29) is 12.6 Å². The van der Waals surface area contributed by atoms with E-state index in [1.165, 1.54) is 0 Å². The van der Waals surface area contributed by atoms with Crippen LogP contribution < -0.4 is 10.2 Å². The van der Waals surface area contributed by atoms with Crippen molar-refractivity contribution < 1.29 is 24.5 Å². The maximum absolute atomic E-state index is 10.0. The molecule has 0 spiro atoms. The Kier molecular flexibility index (Phi) is 4.01. The molecule has 0 saturated carbocycles. The van der Waals surface area contributed by atoms with Crippen molar-refractivity contribution in [3.63, 3.8) is 0 Å². The van der Waals surface area contributed by atoms with Gasteiger partial charge in [0.25, 0.3) is 0 Å². The van der Waals surface area contributed by atoms with Crippen molar-refractivity contribution in [2.45, 2.75) is 38.2 Å². The molecule has 9 nitrogen and oxygen atoms in total. The third-order valence-electron chi connectivity index (χ3n) is 4.34. The molecule has 3 atom stereocenters. The highest BCUT2D eigenvalue weighted by Gasteiger charge is 2.36. The summed E-state index contributed by atoms with van der Waals surface area (Å²) in [4.78, 5) is 14.2. The van der Waals surface area contributed by atoms with Crippen molar-refractivity contribution in [3.8, 4) is 6.01 Å². The molecule has 1 unspecified atom stereocenters. The predicted octanol–water partition coefficient (Wildman–Crippen LogP) is 0.370. The van der Waals surface area contributed by atoms with Crippen LogP contribution in [-0.2, 0) is 16.0 Å². The molecule has 0 amide bonds. The van der Waals surface area contributed by atoms with Gasteiger partial charge in [-0.25, -0.2) is 5.48 Å². The highest BCUT2D eigenvalue weighted by atomic mass is 16.6. The highest BCUT2D eigenvalue weighted by Crippen LogP contribution is 2.36. The number of aliphatic hydroxyl groups is 2. The van der Waals surface area contributed by atoms with E-state index >= 15 is 0 Å². The van der Waals surface area contributed by atoms with E-state index in [4.69, 9.17) is 14.3 Å². The second-order valence-corrected chi connectivity index (χ2v) is 5.86. The fourth-order valence-electron chi connectivity index (χ4n) is 3.21. The molecule has 2 aromatic rings. The second kappa shape index (κ2) is 6.17. The molecular weight excluding hydrogens is 316 g/mol. The zero-order valence-corrected chi connectivity index (χ0v) is 13.3. The largest absolute Gasteiger partial charge is 0.464 e. The minimum Gasteiger partial charge on any atom is -0.464 e. The second-order valence-electron chi connectivity index (χ2n) is 5.86. The molecule has 9 heteroatoms. The fraction of sp³-hybridized carbons (Fsp3) is 0.600. The number of aliphatic hydroxyl groups excluding tert-OH is 2. The van der Waals surface area contributed by atoms with Gasteiger partial charge in [0.15, 0.2) is 11.5 Å². The third kappa shape index (κ3) is 2.49. The van der Waals surface area contributed by atoms with Crippen LogP contribution in [0.25, 0.3) is 11.0 Å². The molecule has 4 heterocycles. The number of ether oxygens (including phenoxy) is 2. The Balaban J connectivity index is 1.82. The van der Waals surface area contributed by atoms with E-state index in [1.54, 1.807) is 0 Å². The van der Waals surface area contributed by atoms with Crippen LogP contribution in [0.2, 0.25) is 0 Å². The van der Waals surface area contributed by atoms with Gasteiger partial charge in [0.2, 0.25) is 0 Å². The van der Waals surface area contributed by atoms with Gasteiger partial charge >= 0.3 is 6.01 Å². The summed E-state index contributed by atoms with van der Waals surface area (Å²) < 4.78 is 13.1. The van der Waals surface area contributed by atoms with E-state index in [1.807, 2.05) is 17.7 Å². The number of nitrogens with one attached hydrogen (secondary N) is 1. The lowest BCUT2D eigenvalue weighted by Gasteiger charge is -2.15. The molecule has 2 aliphatic heterocycles. The SMILES string of the molecule is CCOc1nc2c3c(cn([C@H]4C[C@H](O)C(CO)O4)c3n1)CCON2. The number of hydrogen-bond donors (Lipinski definition) is 3.